The van der Waals surface area contributed by atoms with Crippen LogP contribution in [0.3, 0.4) is 0 Å². The Kier molecular flexibility index (Phi) is 4.54. The molecule has 0 spiro atoms. The van der Waals surface area contributed by atoms with Gasteiger partial charge in [0.15, 0.2) is 0 Å². The van der Waals surface area contributed by atoms with Crippen molar-refractivity contribution < 1.29 is 4.74 Å². The van der Waals surface area contributed by atoms with Crippen molar-refractivity contribution in [1.29, 1.82) is 0 Å². The van der Waals surface area contributed by atoms with Gasteiger partial charge in [-0.25, -0.2) is 0 Å². The molecule has 1 fully saturated rings. The van der Waals surface area contributed by atoms with Crippen molar-refractivity contribution in [3.05, 3.63) is 27.5 Å². The quantitative estimate of drug-likeness (QED) is 0.858. The van der Waals surface area contributed by atoms with Crippen molar-refractivity contribution in [2.75, 3.05) is 19.7 Å². The number of aromatic nitrogens is 4. The van der Waals surface area contributed by atoms with Gasteiger partial charge in [0, 0.05) is 36.9 Å². The molecule has 3 heterocycles. The molecule has 0 bridgehead atoms. The van der Waals surface area contributed by atoms with E-state index in [9.17, 15) is 0 Å². The Morgan fingerprint density at radius 3 is 3.00 bits per heavy atom. The van der Waals surface area contributed by atoms with Crippen molar-refractivity contribution in [1.82, 2.24) is 24.3 Å². The first-order chi connectivity index (χ1) is 10.1. The first-order valence-electron chi connectivity index (χ1n) is 6.93. The summed E-state index contributed by atoms with van der Waals surface area (Å²) in [6.07, 6.45) is 0.141. The number of rotatable bonds is 4. The summed E-state index contributed by atoms with van der Waals surface area (Å²) in [6, 6.07) is 2.08. The zero-order valence-electron chi connectivity index (χ0n) is 12.1. The summed E-state index contributed by atoms with van der Waals surface area (Å²) < 4.78 is 12.4. The Morgan fingerprint density at radius 2 is 2.33 bits per heavy atom. The van der Waals surface area contributed by atoms with Crippen LogP contribution in [0.1, 0.15) is 17.1 Å². The number of aryl methyl sites for hydroxylation is 2. The lowest BCUT2D eigenvalue weighted by atomic mass is 10.2. The second kappa shape index (κ2) is 6.39. The Morgan fingerprint density at radius 1 is 1.48 bits per heavy atom. The Labute approximate surface area is 132 Å². The highest BCUT2D eigenvalue weighted by molar-refractivity contribution is 7.10. The minimum absolute atomic E-state index is 0.141. The fourth-order valence-corrected chi connectivity index (χ4v) is 3.20. The minimum atomic E-state index is 0.141. The van der Waals surface area contributed by atoms with Crippen LogP contribution in [-0.2, 0) is 17.8 Å². The highest BCUT2D eigenvalue weighted by atomic mass is 35.5. The standard InChI is InChI=1S/C13H18ClN5OS/c1-9-5-10(2)19(16-9)7-11-6-18(3-4-20-11)8-12-13(14)21-17-15-12/h5,11H,3-4,6-8H2,1-2H3/t11-/m1/s1. The van der Waals surface area contributed by atoms with Crippen molar-refractivity contribution in [3.63, 3.8) is 0 Å². The third-order valence-corrected chi connectivity index (χ3v) is 4.57. The number of nitrogens with zero attached hydrogens (tertiary/aromatic N) is 5. The summed E-state index contributed by atoms with van der Waals surface area (Å²) in [5.74, 6) is 0. The summed E-state index contributed by atoms with van der Waals surface area (Å²) in [5.41, 5.74) is 3.06. The molecule has 1 aliphatic rings. The van der Waals surface area contributed by atoms with E-state index < -0.39 is 0 Å². The molecule has 0 N–H and O–H groups in total. The van der Waals surface area contributed by atoms with Gasteiger partial charge in [-0.2, -0.15) is 5.10 Å². The number of hydrogen-bond donors (Lipinski definition) is 0. The van der Waals surface area contributed by atoms with Gasteiger partial charge in [0.25, 0.3) is 0 Å². The molecule has 3 rings (SSSR count). The molecule has 8 heteroatoms. The molecule has 0 amide bonds. The van der Waals surface area contributed by atoms with E-state index in [2.05, 4.69) is 32.6 Å². The van der Waals surface area contributed by atoms with Crippen molar-refractivity contribution in [2.24, 2.45) is 0 Å². The maximum Gasteiger partial charge on any atom is 0.138 e. The van der Waals surface area contributed by atoms with Crippen LogP contribution >= 0.6 is 23.1 Å². The lowest BCUT2D eigenvalue weighted by Gasteiger charge is -2.32. The first-order valence-corrected chi connectivity index (χ1v) is 8.08. The minimum Gasteiger partial charge on any atom is -0.374 e. The Bertz CT molecular complexity index is 613. The van der Waals surface area contributed by atoms with Crippen molar-refractivity contribution >= 4 is 23.1 Å². The molecule has 0 aromatic carbocycles. The molecule has 114 valence electrons. The summed E-state index contributed by atoms with van der Waals surface area (Å²) in [4.78, 5) is 2.31. The van der Waals surface area contributed by atoms with Gasteiger partial charge >= 0.3 is 0 Å². The molecule has 1 saturated heterocycles. The normalized spacial score (nSPS) is 20.0. The Balaban J connectivity index is 1.60. The highest BCUT2D eigenvalue weighted by Crippen LogP contribution is 2.20. The SMILES string of the molecule is Cc1cc(C)n(C[C@H]2CN(Cc3nnsc3Cl)CCO2)n1. The van der Waals surface area contributed by atoms with Crippen molar-refractivity contribution in [3.8, 4) is 0 Å². The van der Waals surface area contributed by atoms with Crippen LogP contribution in [0.2, 0.25) is 4.34 Å². The smallest absolute Gasteiger partial charge is 0.138 e. The number of hydrogen-bond acceptors (Lipinski definition) is 6. The second-order valence-electron chi connectivity index (χ2n) is 5.33. The lowest BCUT2D eigenvalue weighted by molar-refractivity contribution is -0.0408. The lowest BCUT2D eigenvalue weighted by Crippen LogP contribution is -2.44. The van der Waals surface area contributed by atoms with Crippen LogP contribution < -0.4 is 0 Å². The number of halogens is 1. The van der Waals surface area contributed by atoms with Gasteiger partial charge in [0.2, 0.25) is 0 Å². The van der Waals surface area contributed by atoms with E-state index in [1.807, 2.05) is 11.6 Å². The summed E-state index contributed by atoms with van der Waals surface area (Å²) in [7, 11) is 0. The van der Waals surface area contributed by atoms with Gasteiger partial charge in [0.05, 0.1) is 24.9 Å². The van der Waals surface area contributed by atoms with E-state index in [4.69, 9.17) is 16.3 Å². The predicted octanol–water partition coefficient (Wildman–Crippen LogP) is 1.91. The Hall–Kier alpha value is -1.02. The van der Waals surface area contributed by atoms with Gasteiger partial charge in [-0.3, -0.25) is 9.58 Å². The zero-order valence-corrected chi connectivity index (χ0v) is 13.7. The largest absolute Gasteiger partial charge is 0.374 e. The maximum atomic E-state index is 6.07. The van der Waals surface area contributed by atoms with E-state index in [-0.39, 0.29) is 6.10 Å². The van der Waals surface area contributed by atoms with Gasteiger partial charge in [-0.05, 0) is 19.9 Å². The van der Waals surface area contributed by atoms with Crippen LogP contribution in [0, 0.1) is 13.8 Å². The van der Waals surface area contributed by atoms with E-state index in [0.29, 0.717) is 4.34 Å². The molecule has 0 unspecified atom stereocenters. The average molecular weight is 328 g/mol. The molecular weight excluding hydrogens is 310 g/mol. The predicted molar refractivity (Wildman–Crippen MR) is 81.6 cm³/mol. The molecule has 0 aliphatic carbocycles. The van der Waals surface area contributed by atoms with E-state index in [1.54, 1.807) is 0 Å². The number of morpholine rings is 1. The molecule has 1 aliphatic heterocycles. The van der Waals surface area contributed by atoms with Gasteiger partial charge in [-0.15, -0.1) is 5.10 Å². The summed E-state index contributed by atoms with van der Waals surface area (Å²) in [5, 5.41) is 8.57. The van der Waals surface area contributed by atoms with Crippen LogP contribution in [0.4, 0.5) is 0 Å². The molecular formula is C13H18ClN5OS. The molecule has 2 aromatic rings. The van der Waals surface area contributed by atoms with Crippen LogP contribution in [0.5, 0.6) is 0 Å². The highest BCUT2D eigenvalue weighted by Gasteiger charge is 2.23. The average Bonchev–Trinajstić information content (AvgIpc) is 2.97. The fraction of sp³-hybridized carbons (Fsp3) is 0.615. The first kappa shape index (κ1) is 14.9. The number of ether oxygens (including phenoxy) is 1. The van der Waals surface area contributed by atoms with E-state index in [1.165, 1.54) is 17.2 Å². The summed E-state index contributed by atoms with van der Waals surface area (Å²) >= 11 is 7.30. The maximum absolute atomic E-state index is 6.07. The molecule has 0 saturated carbocycles. The monoisotopic (exact) mass is 327 g/mol. The zero-order chi connectivity index (χ0) is 14.8. The third kappa shape index (κ3) is 3.60. The van der Waals surface area contributed by atoms with Crippen LogP contribution in [0.15, 0.2) is 6.07 Å². The molecule has 21 heavy (non-hydrogen) atoms. The topological polar surface area (TPSA) is 56.1 Å². The van der Waals surface area contributed by atoms with Gasteiger partial charge in [-0.1, -0.05) is 16.1 Å². The van der Waals surface area contributed by atoms with E-state index >= 15 is 0 Å². The van der Waals surface area contributed by atoms with E-state index in [0.717, 1.165) is 44.2 Å². The van der Waals surface area contributed by atoms with Crippen molar-refractivity contribution in [2.45, 2.75) is 33.0 Å². The van der Waals surface area contributed by atoms with Crippen LogP contribution in [-0.4, -0.2) is 50.1 Å². The van der Waals surface area contributed by atoms with Gasteiger partial charge < -0.3 is 4.74 Å². The summed E-state index contributed by atoms with van der Waals surface area (Å²) in [6.45, 7) is 8.05. The molecule has 2 aromatic heterocycles. The van der Waals surface area contributed by atoms with Crippen LogP contribution in [0.25, 0.3) is 0 Å². The fourth-order valence-electron chi connectivity index (χ4n) is 2.59. The molecule has 0 radical (unpaired) electrons. The van der Waals surface area contributed by atoms with Gasteiger partial charge in [0.1, 0.15) is 10.0 Å². The molecule has 6 nitrogen and oxygen atoms in total. The second-order valence-corrected chi connectivity index (χ2v) is 6.69. The molecule has 1 atom stereocenters. The third-order valence-electron chi connectivity index (χ3n) is 3.59.